The van der Waals surface area contributed by atoms with Gasteiger partial charge in [-0.05, 0) is 42.8 Å². The molecule has 0 unspecified atom stereocenters. The van der Waals surface area contributed by atoms with E-state index in [4.69, 9.17) is 4.98 Å². The average Bonchev–Trinajstić information content (AvgIpc) is 3.49. The maximum Gasteiger partial charge on any atom is 0.159 e. The summed E-state index contributed by atoms with van der Waals surface area (Å²) >= 11 is 0. The summed E-state index contributed by atoms with van der Waals surface area (Å²) in [6.45, 7) is 5.80. The first-order valence-corrected chi connectivity index (χ1v) is 11.3. The monoisotopic (exact) mass is 464 g/mol. The van der Waals surface area contributed by atoms with Crippen molar-refractivity contribution in [2.75, 3.05) is 19.0 Å². The number of aromatic amines is 2. The minimum absolute atomic E-state index is 0.302. The van der Waals surface area contributed by atoms with Gasteiger partial charge in [0.1, 0.15) is 11.5 Å². The van der Waals surface area contributed by atoms with Crippen LogP contribution < -0.4 is 4.90 Å². The SMILES string of the molecule is C=Cc1[nH]c(-c2n[nH]c3ccc(-c4cncc(N(C)C)c4)cc23)nc1/C(=C\C)c1ccccc1F. The van der Waals surface area contributed by atoms with Gasteiger partial charge in [-0.15, -0.1) is 0 Å². The second kappa shape index (κ2) is 9.02. The van der Waals surface area contributed by atoms with Gasteiger partial charge in [-0.3, -0.25) is 10.1 Å². The summed E-state index contributed by atoms with van der Waals surface area (Å²) in [7, 11) is 3.98. The highest BCUT2D eigenvalue weighted by Gasteiger charge is 2.20. The molecule has 0 amide bonds. The molecule has 0 atom stereocenters. The lowest BCUT2D eigenvalue weighted by Crippen LogP contribution is -2.08. The summed E-state index contributed by atoms with van der Waals surface area (Å²) in [6.07, 6.45) is 7.23. The molecule has 0 saturated carbocycles. The zero-order valence-electron chi connectivity index (χ0n) is 19.8. The number of nitrogens with zero attached hydrogens (tertiary/aromatic N) is 4. The molecular formula is C28H25FN6. The Bertz CT molecular complexity index is 1570. The highest BCUT2D eigenvalue weighted by Crippen LogP contribution is 2.33. The molecule has 5 rings (SSSR count). The van der Waals surface area contributed by atoms with E-state index in [0.717, 1.165) is 27.7 Å². The van der Waals surface area contributed by atoms with Gasteiger partial charge in [0, 0.05) is 42.4 Å². The molecule has 35 heavy (non-hydrogen) atoms. The van der Waals surface area contributed by atoms with E-state index in [-0.39, 0.29) is 5.82 Å². The van der Waals surface area contributed by atoms with Gasteiger partial charge >= 0.3 is 0 Å². The van der Waals surface area contributed by atoms with Crippen LogP contribution in [0.4, 0.5) is 10.1 Å². The Kier molecular flexibility index (Phi) is 5.74. The summed E-state index contributed by atoms with van der Waals surface area (Å²) in [6, 6.07) is 14.9. The van der Waals surface area contributed by atoms with E-state index >= 15 is 0 Å². The Morgan fingerprint density at radius 1 is 1.06 bits per heavy atom. The van der Waals surface area contributed by atoms with E-state index in [1.807, 2.05) is 62.6 Å². The fourth-order valence-electron chi connectivity index (χ4n) is 4.16. The molecule has 0 aliphatic heterocycles. The maximum atomic E-state index is 14.6. The largest absolute Gasteiger partial charge is 0.376 e. The minimum Gasteiger partial charge on any atom is -0.376 e. The van der Waals surface area contributed by atoms with Crippen LogP contribution in [-0.4, -0.2) is 39.2 Å². The normalized spacial score (nSPS) is 11.7. The number of allylic oxidation sites excluding steroid dienone is 1. The third kappa shape index (κ3) is 4.01. The first-order valence-electron chi connectivity index (χ1n) is 11.3. The van der Waals surface area contributed by atoms with Gasteiger partial charge in [0.15, 0.2) is 5.82 Å². The standard InChI is InChI=1S/C28H25FN6/c1-5-20(21-9-7-8-10-23(21)29)26-24(6-2)31-28(32-26)27-22-14-17(11-12-25(22)33-34-27)18-13-19(35(3)4)16-30-15-18/h5-16H,2H2,1,3-4H3,(H,31,32)(H,33,34)/b20-5-. The Hall–Kier alpha value is -4.52. The molecule has 174 valence electrons. The van der Waals surface area contributed by atoms with Crippen molar-refractivity contribution in [1.82, 2.24) is 25.1 Å². The Morgan fingerprint density at radius 3 is 2.63 bits per heavy atom. The fraction of sp³-hybridized carbons (Fsp3) is 0.107. The van der Waals surface area contributed by atoms with Gasteiger partial charge in [0.25, 0.3) is 0 Å². The highest BCUT2D eigenvalue weighted by atomic mass is 19.1. The molecule has 0 saturated heterocycles. The van der Waals surface area contributed by atoms with E-state index in [1.54, 1.807) is 18.2 Å². The Balaban J connectivity index is 1.62. The first kappa shape index (κ1) is 22.3. The van der Waals surface area contributed by atoms with Crippen molar-refractivity contribution in [3.8, 4) is 22.6 Å². The van der Waals surface area contributed by atoms with E-state index in [0.29, 0.717) is 34.0 Å². The summed E-state index contributed by atoms with van der Waals surface area (Å²) < 4.78 is 14.6. The number of fused-ring (bicyclic) bond motifs is 1. The number of nitrogens with one attached hydrogen (secondary N) is 2. The fourth-order valence-corrected chi connectivity index (χ4v) is 4.16. The van der Waals surface area contributed by atoms with Crippen LogP contribution in [0.15, 0.2) is 73.6 Å². The average molecular weight is 465 g/mol. The van der Waals surface area contributed by atoms with Gasteiger partial charge in [0.2, 0.25) is 0 Å². The van der Waals surface area contributed by atoms with Crippen LogP contribution in [0.3, 0.4) is 0 Å². The van der Waals surface area contributed by atoms with E-state index in [2.05, 4.69) is 38.9 Å². The molecule has 6 nitrogen and oxygen atoms in total. The number of rotatable bonds is 6. The van der Waals surface area contributed by atoms with E-state index in [9.17, 15) is 4.39 Å². The van der Waals surface area contributed by atoms with Crippen molar-refractivity contribution in [2.24, 2.45) is 0 Å². The molecular weight excluding hydrogens is 439 g/mol. The lowest BCUT2D eigenvalue weighted by molar-refractivity contribution is 0.624. The lowest BCUT2D eigenvalue weighted by atomic mass is 10.0. The number of pyridine rings is 1. The van der Waals surface area contributed by atoms with E-state index < -0.39 is 0 Å². The molecule has 0 fully saturated rings. The van der Waals surface area contributed by atoms with Gasteiger partial charge in [-0.2, -0.15) is 5.10 Å². The first-order chi connectivity index (χ1) is 17.0. The topological polar surface area (TPSA) is 73.5 Å². The van der Waals surface area contributed by atoms with E-state index in [1.165, 1.54) is 6.07 Å². The number of benzene rings is 2. The van der Waals surface area contributed by atoms with Crippen LogP contribution in [0.1, 0.15) is 23.9 Å². The molecule has 0 bridgehead atoms. The van der Waals surface area contributed by atoms with Crippen molar-refractivity contribution in [2.45, 2.75) is 6.92 Å². The number of imidazole rings is 1. The zero-order chi connectivity index (χ0) is 24.5. The molecule has 0 aliphatic carbocycles. The number of hydrogen-bond donors (Lipinski definition) is 2. The molecule has 2 aromatic carbocycles. The quantitative estimate of drug-likeness (QED) is 0.309. The lowest BCUT2D eigenvalue weighted by Gasteiger charge is -2.13. The van der Waals surface area contributed by atoms with Crippen LogP contribution in [0.25, 0.3) is 45.2 Å². The molecule has 0 radical (unpaired) electrons. The minimum atomic E-state index is -0.302. The van der Waals surface area contributed by atoms with Gasteiger partial charge in [-0.1, -0.05) is 36.9 Å². The zero-order valence-corrected chi connectivity index (χ0v) is 19.8. The Morgan fingerprint density at radius 2 is 1.89 bits per heavy atom. The number of halogens is 1. The van der Waals surface area contributed by atoms with Crippen LogP contribution in [-0.2, 0) is 0 Å². The Labute approximate surface area is 202 Å². The van der Waals surface area contributed by atoms with Gasteiger partial charge in [-0.25, -0.2) is 9.37 Å². The second-order valence-corrected chi connectivity index (χ2v) is 8.39. The van der Waals surface area contributed by atoms with Crippen molar-refractivity contribution >= 4 is 28.2 Å². The third-order valence-corrected chi connectivity index (χ3v) is 6.00. The van der Waals surface area contributed by atoms with Crippen LogP contribution >= 0.6 is 0 Å². The highest BCUT2D eigenvalue weighted by molar-refractivity contribution is 5.95. The van der Waals surface area contributed by atoms with Crippen LogP contribution in [0.2, 0.25) is 0 Å². The molecule has 3 heterocycles. The van der Waals surface area contributed by atoms with Gasteiger partial charge in [0.05, 0.1) is 28.8 Å². The summed E-state index contributed by atoms with van der Waals surface area (Å²) in [4.78, 5) is 14.6. The predicted octanol–water partition coefficient (Wildman–Crippen LogP) is 6.31. The second-order valence-electron chi connectivity index (χ2n) is 8.39. The molecule has 2 N–H and O–H groups in total. The van der Waals surface area contributed by atoms with Crippen molar-refractivity contribution < 1.29 is 4.39 Å². The summed E-state index contributed by atoms with van der Waals surface area (Å²) in [5.41, 5.74) is 7.11. The van der Waals surface area contributed by atoms with Crippen molar-refractivity contribution in [3.63, 3.8) is 0 Å². The summed E-state index contributed by atoms with van der Waals surface area (Å²) in [5.74, 6) is 0.276. The number of hydrogen-bond acceptors (Lipinski definition) is 4. The summed E-state index contributed by atoms with van der Waals surface area (Å²) in [5, 5.41) is 8.55. The molecule has 7 heteroatoms. The van der Waals surface area contributed by atoms with Crippen LogP contribution in [0, 0.1) is 5.82 Å². The van der Waals surface area contributed by atoms with Gasteiger partial charge < -0.3 is 9.88 Å². The number of anilines is 1. The third-order valence-electron chi connectivity index (χ3n) is 6.00. The molecule has 0 spiro atoms. The van der Waals surface area contributed by atoms with Crippen LogP contribution in [0.5, 0.6) is 0 Å². The molecule has 3 aromatic heterocycles. The number of H-pyrrole nitrogens is 2. The number of aromatic nitrogens is 5. The van der Waals surface area contributed by atoms with Crippen molar-refractivity contribution in [1.29, 1.82) is 0 Å². The predicted molar refractivity (Wildman–Crippen MR) is 140 cm³/mol. The molecule has 5 aromatic rings. The smallest absolute Gasteiger partial charge is 0.159 e. The maximum absolute atomic E-state index is 14.6. The van der Waals surface area contributed by atoms with Crippen molar-refractivity contribution in [3.05, 3.63) is 96.3 Å². The molecule has 0 aliphatic rings.